The summed E-state index contributed by atoms with van der Waals surface area (Å²) in [6.07, 6.45) is 0.790. The van der Waals surface area contributed by atoms with Crippen molar-refractivity contribution in [1.82, 2.24) is 9.55 Å². The van der Waals surface area contributed by atoms with Crippen LogP contribution in [0.4, 0.5) is 5.82 Å². The minimum Gasteiger partial charge on any atom is -0.393 e. The molecule has 2 heterocycles. The topological polar surface area (TPSA) is 90.4 Å². The quantitative estimate of drug-likeness (QED) is 0.662. The lowest BCUT2D eigenvalue weighted by Gasteiger charge is -2.13. The van der Waals surface area contributed by atoms with Gasteiger partial charge in [-0.05, 0) is 6.07 Å². The van der Waals surface area contributed by atoms with Crippen LogP contribution in [0.2, 0.25) is 0 Å². The maximum absolute atomic E-state index is 11.5. The molecule has 0 saturated carbocycles. The Kier molecular flexibility index (Phi) is 2.29. The Morgan fingerprint density at radius 2 is 2.73 bits per heavy atom. The summed E-state index contributed by atoms with van der Waals surface area (Å²) in [5.74, 6) is 0.474. The number of ether oxygens (including phenoxy) is 1. The summed E-state index contributed by atoms with van der Waals surface area (Å²) in [6.45, 7) is -2.44. The molecule has 3 N–H and O–H groups in total. The first-order chi connectivity index (χ1) is 7.88. The second-order valence-electron chi connectivity index (χ2n) is 2.93. The van der Waals surface area contributed by atoms with Crippen molar-refractivity contribution >= 4 is 17.6 Å². The van der Waals surface area contributed by atoms with Crippen molar-refractivity contribution in [2.45, 2.75) is 11.7 Å². The summed E-state index contributed by atoms with van der Waals surface area (Å²) >= 11 is 1.10. The third-order valence-corrected chi connectivity index (χ3v) is 2.93. The van der Waals surface area contributed by atoms with Crippen LogP contribution < -0.4 is 11.4 Å². The average molecular weight is 232 g/mol. The van der Waals surface area contributed by atoms with Crippen LogP contribution in [0.1, 0.15) is 8.97 Å². The number of aliphatic hydroxyl groups is 1. The Hall–Kier alpha value is -1.05. The fourth-order valence-electron chi connectivity index (χ4n) is 1.25. The van der Waals surface area contributed by atoms with E-state index in [2.05, 4.69) is 4.98 Å². The lowest BCUT2D eigenvalue weighted by molar-refractivity contribution is -0.00629. The molecule has 2 atom stereocenters. The molecule has 0 aromatic carbocycles. The predicted molar refractivity (Wildman–Crippen MR) is 56.4 cm³/mol. The van der Waals surface area contributed by atoms with Gasteiger partial charge in [-0.25, -0.2) is 4.79 Å². The molecule has 1 aromatic rings. The van der Waals surface area contributed by atoms with Crippen LogP contribution in [-0.4, -0.2) is 32.4 Å². The molecule has 1 aliphatic heterocycles. The molecular formula is C8H11N3O3S. The van der Waals surface area contributed by atoms with Gasteiger partial charge in [0.05, 0.1) is 9.30 Å². The first kappa shape index (κ1) is 8.14. The highest BCUT2D eigenvalue weighted by atomic mass is 32.2. The number of nitrogen functional groups attached to an aromatic ring is 1. The van der Waals surface area contributed by atoms with Crippen molar-refractivity contribution in [3.05, 3.63) is 22.7 Å². The molecule has 82 valence electrons. The van der Waals surface area contributed by atoms with Gasteiger partial charge in [0.1, 0.15) is 17.5 Å². The van der Waals surface area contributed by atoms with Crippen LogP contribution in [0.25, 0.3) is 0 Å². The largest absolute Gasteiger partial charge is 0.393 e. The van der Waals surface area contributed by atoms with Gasteiger partial charge in [-0.2, -0.15) is 4.98 Å². The van der Waals surface area contributed by atoms with E-state index in [1.54, 1.807) is 0 Å². The zero-order valence-corrected chi connectivity index (χ0v) is 8.48. The van der Waals surface area contributed by atoms with Crippen LogP contribution in [0.5, 0.6) is 0 Å². The first-order valence-corrected chi connectivity index (χ1v) is 5.27. The highest BCUT2D eigenvalue weighted by Crippen LogP contribution is 2.30. The Labute approximate surface area is 92.9 Å². The van der Waals surface area contributed by atoms with Crippen LogP contribution >= 0.6 is 11.8 Å². The summed E-state index contributed by atoms with van der Waals surface area (Å²) in [4.78, 5) is 15.1. The van der Waals surface area contributed by atoms with E-state index in [-0.39, 0.29) is 5.82 Å². The molecule has 0 amide bonds. The van der Waals surface area contributed by atoms with Gasteiger partial charge >= 0.3 is 5.69 Å². The van der Waals surface area contributed by atoms with E-state index in [0.29, 0.717) is 5.75 Å². The SMILES string of the molecule is [2H]C([2H])(O)[C@@H]1O[C@H](n2ccc([15NH2])nc2=O)CS1. The number of aromatic nitrogens is 2. The van der Waals surface area contributed by atoms with Crippen molar-refractivity contribution in [2.75, 3.05) is 18.0 Å². The Balaban J connectivity index is 2.18. The standard InChI is InChI=1S/C8H11N3O3S/c9-5-1-2-11(8(13)10-5)6-4-15-7(3-12)14-6/h1-2,6-7,12H,3-4H2,(H2,9,10,13)/t6-,7+/m0/s1/i3D2,9+1. The molecule has 2 rings (SSSR count). The number of thioether (sulfide) groups is 1. The van der Waals surface area contributed by atoms with E-state index >= 15 is 0 Å². The monoisotopic (exact) mass is 232 g/mol. The minimum absolute atomic E-state index is 0.117. The molecule has 0 radical (unpaired) electrons. The van der Waals surface area contributed by atoms with E-state index in [1.807, 2.05) is 0 Å². The lowest BCUT2D eigenvalue weighted by atomic mass is 10.5. The molecule has 0 aliphatic carbocycles. The van der Waals surface area contributed by atoms with Crippen molar-refractivity contribution in [3.63, 3.8) is 0 Å². The van der Waals surface area contributed by atoms with Crippen molar-refractivity contribution in [2.24, 2.45) is 0 Å². The van der Waals surface area contributed by atoms with Crippen molar-refractivity contribution < 1.29 is 12.6 Å². The van der Waals surface area contributed by atoms with Gasteiger partial charge in [0, 0.05) is 11.9 Å². The summed E-state index contributed by atoms with van der Waals surface area (Å²) in [6, 6.07) is 1.45. The third kappa shape index (κ3) is 2.14. The van der Waals surface area contributed by atoms with Gasteiger partial charge < -0.3 is 15.6 Å². The van der Waals surface area contributed by atoms with Gasteiger partial charge in [-0.1, -0.05) is 0 Å². The number of anilines is 1. The highest BCUT2D eigenvalue weighted by Gasteiger charge is 2.27. The van der Waals surface area contributed by atoms with Gasteiger partial charge in [0.15, 0.2) is 0 Å². The number of nitrogens with two attached hydrogens (primary N) is 1. The van der Waals surface area contributed by atoms with Gasteiger partial charge in [-0.15, -0.1) is 11.8 Å². The van der Waals surface area contributed by atoms with E-state index < -0.39 is 23.9 Å². The van der Waals surface area contributed by atoms with Gasteiger partial charge in [0.2, 0.25) is 0 Å². The van der Waals surface area contributed by atoms with Crippen molar-refractivity contribution in [1.29, 1.82) is 0 Å². The fourth-order valence-corrected chi connectivity index (χ4v) is 2.11. The van der Waals surface area contributed by atoms with Crippen LogP contribution in [-0.2, 0) is 4.74 Å². The zero-order chi connectivity index (χ0) is 12.6. The fraction of sp³-hybridized carbons (Fsp3) is 0.500. The minimum atomic E-state index is -2.44. The molecule has 6 nitrogen and oxygen atoms in total. The molecule has 7 heteroatoms. The van der Waals surface area contributed by atoms with Crippen LogP contribution in [0.3, 0.4) is 0 Å². The number of hydrogen-bond acceptors (Lipinski definition) is 6. The molecule has 1 saturated heterocycles. The molecule has 0 unspecified atom stereocenters. The van der Waals surface area contributed by atoms with E-state index in [9.17, 15) is 4.79 Å². The maximum Gasteiger partial charge on any atom is 0.351 e. The molecule has 1 aromatic heterocycles. The maximum atomic E-state index is 11.5. The molecule has 0 spiro atoms. The smallest absolute Gasteiger partial charge is 0.351 e. The molecule has 0 bridgehead atoms. The number of rotatable bonds is 2. The summed E-state index contributed by atoms with van der Waals surface area (Å²) < 4.78 is 20.7. The van der Waals surface area contributed by atoms with Gasteiger partial charge in [-0.3, -0.25) is 4.57 Å². The second kappa shape index (κ2) is 4.21. The van der Waals surface area contributed by atoms with Gasteiger partial charge in [0.25, 0.3) is 0 Å². The summed E-state index contributed by atoms with van der Waals surface area (Å²) in [5.41, 5.74) is 3.78. The molecule has 1 fully saturated rings. The zero-order valence-electron chi connectivity index (χ0n) is 9.66. The molecular weight excluding hydrogens is 219 g/mol. The number of nitrogens with zero attached hydrogens (tertiary/aromatic N) is 2. The third-order valence-electron chi connectivity index (χ3n) is 1.94. The molecule has 1 aliphatic rings. The lowest BCUT2D eigenvalue weighted by Crippen LogP contribution is -2.28. The normalized spacial score (nSPS) is 28.6. The van der Waals surface area contributed by atoms with E-state index in [0.717, 1.165) is 11.8 Å². The second-order valence-corrected chi connectivity index (χ2v) is 4.02. The summed E-state index contributed by atoms with van der Waals surface area (Å²) in [7, 11) is 0. The summed E-state index contributed by atoms with van der Waals surface area (Å²) in [5, 5.41) is 9.16. The Bertz CT molecular complexity index is 476. The van der Waals surface area contributed by atoms with Crippen LogP contribution in [0.15, 0.2) is 17.1 Å². The average Bonchev–Trinajstić information content (AvgIpc) is 2.65. The van der Waals surface area contributed by atoms with Crippen LogP contribution in [0, 0.1) is 0 Å². The van der Waals surface area contributed by atoms with E-state index in [4.69, 9.17) is 18.3 Å². The highest BCUT2D eigenvalue weighted by molar-refractivity contribution is 8.00. The molecule has 15 heavy (non-hydrogen) atoms. The van der Waals surface area contributed by atoms with Crippen molar-refractivity contribution in [3.8, 4) is 0 Å². The first-order valence-electron chi connectivity index (χ1n) is 5.22. The Morgan fingerprint density at radius 1 is 1.93 bits per heavy atom. The van der Waals surface area contributed by atoms with E-state index in [1.165, 1.54) is 16.8 Å². The number of hydrogen-bond donors (Lipinski definition) is 2. The predicted octanol–water partition coefficient (Wildman–Crippen LogP) is -0.594. The Morgan fingerprint density at radius 3 is 3.33 bits per heavy atom.